The Kier molecular flexibility index (Phi) is 13.4. The van der Waals surface area contributed by atoms with Gasteiger partial charge in [-0.05, 0) is 44.6 Å². The molecule has 0 amide bonds. The van der Waals surface area contributed by atoms with Gasteiger partial charge in [-0.15, -0.1) is 24.0 Å². The molecule has 0 radical (unpaired) electrons. The molecule has 1 aromatic rings. The van der Waals surface area contributed by atoms with Crippen molar-refractivity contribution in [2.45, 2.75) is 32.9 Å². The first kappa shape index (κ1) is 27.9. The molecule has 0 bridgehead atoms. The summed E-state index contributed by atoms with van der Waals surface area (Å²) in [7, 11) is 5.91. The number of rotatable bonds is 10. The van der Waals surface area contributed by atoms with Gasteiger partial charge in [0.1, 0.15) is 5.75 Å². The van der Waals surface area contributed by atoms with Gasteiger partial charge in [-0.2, -0.15) is 0 Å². The van der Waals surface area contributed by atoms with Crippen LogP contribution in [0.3, 0.4) is 0 Å². The fourth-order valence-corrected chi connectivity index (χ4v) is 3.82. The second-order valence-electron chi connectivity index (χ2n) is 8.32. The Morgan fingerprint density at radius 2 is 1.94 bits per heavy atom. The minimum atomic E-state index is 0. The van der Waals surface area contributed by atoms with E-state index in [4.69, 9.17) is 14.5 Å². The van der Waals surface area contributed by atoms with Crippen molar-refractivity contribution in [2.24, 2.45) is 10.9 Å². The van der Waals surface area contributed by atoms with Crippen molar-refractivity contribution in [3.63, 3.8) is 0 Å². The van der Waals surface area contributed by atoms with Crippen LogP contribution in [-0.4, -0.2) is 88.9 Å². The average Bonchev–Trinajstić information content (AvgIpc) is 2.74. The number of nitrogens with one attached hydrogen (secondary N) is 2. The number of halogens is 1. The molecule has 0 aliphatic carbocycles. The standard InChI is InChI=1S/C23H41N5O2.HI/c1-7-24-23(25-16-21(18(2)3)28-11-13-30-14-12-28)26-17-22(27(4)5)19-9-8-10-20(15-19)29-6;/h8-10,15,18,21-22H,7,11-14,16-17H2,1-6H3,(H2,24,25,26);1H. The Labute approximate surface area is 206 Å². The largest absolute Gasteiger partial charge is 0.497 e. The maximum absolute atomic E-state index is 5.52. The lowest BCUT2D eigenvalue weighted by Crippen LogP contribution is -2.48. The zero-order valence-electron chi connectivity index (χ0n) is 20.1. The quantitative estimate of drug-likeness (QED) is 0.267. The van der Waals surface area contributed by atoms with E-state index in [0.717, 1.165) is 57.6 Å². The number of ether oxygens (including phenoxy) is 2. The van der Waals surface area contributed by atoms with Crippen molar-refractivity contribution >= 4 is 29.9 Å². The van der Waals surface area contributed by atoms with Gasteiger partial charge in [-0.25, -0.2) is 0 Å². The summed E-state index contributed by atoms with van der Waals surface area (Å²) in [6.07, 6.45) is 0. The highest BCUT2D eigenvalue weighted by Crippen LogP contribution is 2.22. The van der Waals surface area contributed by atoms with Crippen molar-refractivity contribution in [1.82, 2.24) is 20.4 Å². The molecule has 1 heterocycles. The predicted octanol–water partition coefficient (Wildman–Crippen LogP) is 2.83. The zero-order valence-corrected chi connectivity index (χ0v) is 22.4. The van der Waals surface area contributed by atoms with E-state index in [1.54, 1.807) is 7.11 Å². The molecule has 2 N–H and O–H groups in total. The second-order valence-corrected chi connectivity index (χ2v) is 8.32. The number of hydrogen-bond acceptors (Lipinski definition) is 5. The monoisotopic (exact) mass is 547 g/mol. The number of benzene rings is 1. The second kappa shape index (κ2) is 14.9. The molecular weight excluding hydrogens is 505 g/mol. The molecule has 2 atom stereocenters. The van der Waals surface area contributed by atoms with Crippen LogP contribution in [0.2, 0.25) is 0 Å². The molecule has 0 spiro atoms. The van der Waals surface area contributed by atoms with Gasteiger partial charge in [0.05, 0.1) is 32.9 Å². The molecule has 2 unspecified atom stereocenters. The molecule has 0 saturated carbocycles. The van der Waals surface area contributed by atoms with E-state index in [0.29, 0.717) is 12.0 Å². The summed E-state index contributed by atoms with van der Waals surface area (Å²) in [5, 5.41) is 6.95. The Balaban J connectivity index is 0.00000480. The van der Waals surface area contributed by atoms with Gasteiger partial charge in [0.25, 0.3) is 0 Å². The van der Waals surface area contributed by atoms with Crippen molar-refractivity contribution in [1.29, 1.82) is 0 Å². The van der Waals surface area contributed by atoms with Gasteiger partial charge in [0, 0.05) is 32.2 Å². The smallest absolute Gasteiger partial charge is 0.191 e. The summed E-state index contributed by atoms with van der Waals surface area (Å²) in [5.41, 5.74) is 1.22. The minimum Gasteiger partial charge on any atom is -0.497 e. The summed E-state index contributed by atoms with van der Waals surface area (Å²) in [5.74, 6) is 2.29. The van der Waals surface area contributed by atoms with Gasteiger partial charge in [-0.3, -0.25) is 9.89 Å². The Hall–Kier alpha value is -1.10. The number of likely N-dealkylation sites (N-methyl/N-ethyl adjacent to an activating group) is 1. The summed E-state index contributed by atoms with van der Waals surface area (Å²) in [4.78, 5) is 9.67. The predicted molar refractivity (Wildman–Crippen MR) is 140 cm³/mol. The lowest BCUT2D eigenvalue weighted by molar-refractivity contribution is 0.00867. The summed E-state index contributed by atoms with van der Waals surface area (Å²) < 4.78 is 10.9. The fourth-order valence-electron chi connectivity index (χ4n) is 3.82. The van der Waals surface area contributed by atoms with Gasteiger partial charge in [0.15, 0.2) is 5.96 Å². The number of aliphatic imine (C=N–C) groups is 1. The number of morpholine rings is 1. The lowest BCUT2D eigenvalue weighted by atomic mass is 10.0. The molecule has 1 aliphatic rings. The Morgan fingerprint density at radius 3 is 2.52 bits per heavy atom. The summed E-state index contributed by atoms with van der Waals surface area (Å²) in [6.45, 7) is 12.6. The van der Waals surface area contributed by atoms with Crippen LogP contribution < -0.4 is 15.4 Å². The Bertz CT molecular complexity index is 651. The van der Waals surface area contributed by atoms with Crippen LogP contribution in [0.4, 0.5) is 0 Å². The van der Waals surface area contributed by atoms with Gasteiger partial charge >= 0.3 is 0 Å². The first-order valence-corrected chi connectivity index (χ1v) is 11.1. The van der Waals surface area contributed by atoms with E-state index in [1.165, 1.54) is 5.56 Å². The molecule has 31 heavy (non-hydrogen) atoms. The molecule has 1 aliphatic heterocycles. The molecule has 1 saturated heterocycles. The van der Waals surface area contributed by atoms with E-state index in [2.05, 4.69) is 67.4 Å². The number of methoxy groups -OCH3 is 1. The van der Waals surface area contributed by atoms with E-state index in [-0.39, 0.29) is 30.0 Å². The highest BCUT2D eigenvalue weighted by molar-refractivity contribution is 14.0. The molecule has 1 aromatic carbocycles. The highest BCUT2D eigenvalue weighted by Gasteiger charge is 2.24. The summed E-state index contributed by atoms with van der Waals surface area (Å²) >= 11 is 0. The number of guanidine groups is 1. The van der Waals surface area contributed by atoms with Crippen LogP contribution in [0.25, 0.3) is 0 Å². The van der Waals surface area contributed by atoms with Crippen LogP contribution in [0.1, 0.15) is 32.4 Å². The lowest BCUT2D eigenvalue weighted by Gasteiger charge is -2.36. The minimum absolute atomic E-state index is 0. The third kappa shape index (κ3) is 9.11. The molecule has 2 rings (SSSR count). The van der Waals surface area contributed by atoms with Gasteiger partial charge < -0.3 is 25.0 Å². The van der Waals surface area contributed by atoms with E-state index < -0.39 is 0 Å². The normalized spacial score (nSPS) is 17.2. The first-order valence-electron chi connectivity index (χ1n) is 11.1. The van der Waals surface area contributed by atoms with Gasteiger partial charge in [0.2, 0.25) is 0 Å². The highest BCUT2D eigenvalue weighted by atomic mass is 127. The summed E-state index contributed by atoms with van der Waals surface area (Å²) in [6, 6.07) is 8.90. The average molecular weight is 548 g/mol. The topological polar surface area (TPSA) is 61.4 Å². The number of hydrogen-bond donors (Lipinski definition) is 2. The molecule has 178 valence electrons. The van der Waals surface area contributed by atoms with Crippen LogP contribution >= 0.6 is 24.0 Å². The van der Waals surface area contributed by atoms with Crippen molar-refractivity contribution < 1.29 is 9.47 Å². The van der Waals surface area contributed by atoms with E-state index in [1.807, 2.05) is 12.1 Å². The third-order valence-corrected chi connectivity index (χ3v) is 5.63. The molecule has 0 aromatic heterocycles. The third-order valence-electron chi connectivity index (χ3n) is 5.63. The van der Waals surface area contributed by atoms with Crippen LogP contribution in [-0.2, 0) is 4.74 Å². The van der Waals surface area contributed by atoms with Crippen LogP contribution in [0, 0.1) is 5.92 Å². The first-order chi connectivity index (χ1) is 14.5. The zero-order chi connectivity index (χ0) is 21.9. The SMILES string of the molecule is CCNC(=NCC(C(C)C)N1CCOCC1)NCC(c1cccc(OC)c1)N(C)C.I. The van der Waals surface area contributed by atoms with Crippen molar-refractivity contribution in [2.75, 3.05) is 67.1 Å². The maximum atomic E-state index is 5.52. The van der Waals surface area contributed by atoms with Crippen molar-refractivity contribution in [3.05, 3.63) is 29.8 Å². The van der Waals surface area contributed by atoms with Crippen LogP contribution in [0.15, 0.2) is 29.3 Å². The van der Waals surface area contributed by atoms with Crippen molar-refractivity contribution in [3.8, 4) is 5.75 Å². The molecule has 7 nitrogen and oxygen atoms in total. The number of nitrogens with zero attached hydrogens (tertiary/aromatic N) is 3. The molecule has 8 heteroatoms. The van der Waals surface area contributed by atoms with Gasteiger partial charge in [-0.1, -0.05) is 26.0 Å². The molecule has 1 fully saturated rings. The maximum Gasteiger partial charge on any atom is 0.191 e. The van der Waals surface area contributed by atoms with E-state index in [9.17, 15) is 0 Å². The van der Waals surface area contributed by atoms with E-state index >= 15 is 0 Å². The Morgan fingerprint density at radius 1 is 1.23 bits per heavy atom. The van der Waals surface area contributed by atoms with Crippen LogP contribution in [0.5, 0.6) is 5.75 Å². The molecular formula is C23H42IN5O2. The fraction of sp³-hybridized carbons (Fsp3) is 0.696.